The highest BCUT2D eigenvalue weighted by Gasteiger charge is 2.12. The molecule has 1 aromatic heterocycles. The van der Waals surface area contributed by atoms with E-state index < -0.39 is 0 Å². The fraction of sp³-hybridized carbons (Fsp3) is 0.438. The summed E-state index contributed by atoms with van der Waals surface area (Å²) in [6.07, 6.45) is 2.06. The van der Waals surface area contributed by atoms with E-state index in [4.69, 9.17) is 10.8 Å². The standard InChI is InChI=1S/C16H23N3/c1-5-10(3)12-7-8-15-13(9-12)16(19-17)11(4)14(6-2)18-15/h7-10H,5-6,17H2,1-4H3,(H,18,19). The number of nitrogen functional groups attached to an aromatic ring is 1. The van der Waals surface area contributed by atoms with Gasteiger partial charge in [0.05, 0.1) is 11.2 Å². The van der Waals surface area contributed by atoms with Crippen LogP contribution in [-0.2, 0) is 6.42 Å². The molecule has 3 nitrogen and oxygen atoms in total. The van der Waals surface area contributed by atoms with Crippen LogP contribution in [0.2, 0.25) is 0 Å². The van der Waals surface area contributed by atoms with Gasteiger partial charge in [0.1, 0.15) is 0 Å². The Morgan fingerprint density at radius 2 is 2.05 bits per heavy atom. The lowest BCUT2D eigenvalue weighted by atomic mass is 9.95. The topological polar surface area (TPSA) is 50.9 Å². The van der Waals surface area contributed by atoms with E-state index in [1.165, 1.54) is 5.56 Å². The Balaban J connectivity index is 2.70. The highest BCUT2D eigenvalue weighted by Crippen LogP contribution is 2.31. The predicted octanol–water partition coefficient (Wildman–Crippen LogP) is 3.90. The molecular weight excluding hydrogens is 234 g/mol. The molecule has 0 saturated heterocycles. The van der Waals surface area contributed by atoms with Gasteiger partial charge in [0.2, 0.25) is 0 Å². The van der Waals surface area contributed by atoms with Crippen molar-refractivity contribution < 1.29 is 0 Å². The Hall–Kier alpha value is -1.61. The number of hydrogen-bond donors (Lipinski definition) is 2. The minimum absolute atomic E-state index is 0.557. The van der Waals surface area contributed by atoms with E-state index in [1.54, 1.807) is 0 Å². The van der Waals surface area contributed by atoms with Crippen LogP contribution in [0.25, 0.3) is 10.9 Å². The molecule has 1 heterocycles. The average Bonchev–Trinajstić information content (AvgIpc) is 2.45. The van der Waals surface area contributed by atoms with Crippen molar-refractivity contribution in [2.24, 2.45) is 5.84 Å². The van der Waals surface area contributed by atoms with Crippen LogP contribution in [0, 0.1) is 6.92 Å². The molecule has 0 aliphatic carbocycles. The molecule has 102 valence electrons. The van der Waals surface area contributed by atoms with Crippen molar-refractivity contribution in [2.45, 2.75) is 46.5 Å². The van der Waals surface area contributed by atoms with Gasteiger partial charge in [-0.2, -0.15) is 0 Å². The van der Waals surface area contributed by atoms with Crippen LogP contribution in [0.5, 0.6) is 0 Å². The lowest BCUT2D eigenvalue weighted by Crippen LogP contribution is -2.11. The van der Waals surface area contributed by atoms with Crippen molar-refractivity contribution in [2.75, 3.05) is 5.43 Å². The summed E-state index contributed by atoms with van der Waals surface area (Å²) in [7, 11) is 0. The zero-order chi connectivity index (χ0) is 14.0. The third kappa shape index (κ3) is 2.43. The predicted molar refractivity (Wildman–Crippen MR) is 82.4 cm³/mol. The number of aromatic nitrogens is 1. The molecule has 0 radical (unpaired) electrons. The molecule has 2 aromatic rings. The first-order chi connectivity index (χ1) is 9.12. The first-order valence-electron chi connectivity index (χ1n) is 7.02. The maximum atomic E-state index is 5.72. The number of rotatable bonds is 4. The summed E-state index contributed by atoms with van der Waals surface area (Å²) in [6, 6.07) is 6.51. The number of nitrogens with zero attached hydrogens (tertiary/aromatic N) is 1. The third-order valence-corrected chi connectivity index (χ3v) is 4.01. The number of benzene rings is 1. The van der Waals surface area contributed by atoms with Crippen molar-refractivity contribution in [1.82, 2.24) is 4.98 Å². The summed E-state index contributed by atoms with van der Waals surface area (Å²) in [5, 5.41) is 1.12. The maximum Gasteiger partial charge on any atom is 0.0726 e. The summed E-state index contributed by atoms with van der Waals surface area (Å²) in [5.41, 5.74) is 8.48. The van der Waals surface area contributed by atoms with Crippen LogP contribution < -0.4 is 11.3 Å². The normalized spacial score (nSPS) is 12.7. The summed E-state index contributed by atoms with van der Waals surface area (Å²) in [4.78, 5) is 4.73. The smallest absolute Gasteiger partial charge is 0.0726 e. The number of aryl methyl sites for hydroxylation is 1. The molecule has 1 aromatic carbocycles. The molecule has 1 atom stereocenters. The largest absolute Gasteiger partial charge is 0.323 e. The van der Waals surface area contributed by atoms with E-state index >= 15 is 0 Å². The van der Waals surface area contributed by atoms with Gasteiger partial charge in [-0.15, -0.1) is 0 Å². The first kappa shape index (κ1) is 13.8. The Morgan fingerprint density at radius 1 is 1.32 bits per heavy atom. The summed E-state index contributed by atoms with van der Waals surface area (Å²) in [5.74, 6) is 6.28. The van der Waals surface area contributed by atoms with Crippen molar-refractivity contribution in [3.8, 4) is 0 Å². The number of pyridine rings is 1. The minimum Gasteiger partial charge on any atom is -0.323 e. The van der Waals surface area contributed by atoms with Gasteiger partial charge in [-0.1, -0.05) is 26.8 Å². The van der Waals surface area contributed by atoms with Gasteiger partial charge >= 0.3 is 0 Å². The maximum absolute atomic E-state index is 5.72. The lowest BCUT2D eigenvalue weighted by molar-refractivity contribution is 0.734. The molecule has 1 unspecified atom stereocenters. The zero-order valence-corrected chi connectivity index (χ0v) is 12.2. The monoisotopic (exact) mass is 257 g/mol. The van der Waals surface area contributed by atoms with Crippen molar-refractivity contribution in [3.63, 3.8) is 0 Å². The lowest BCUT2D eigenvalue weighted by Gasteiger charge is -2.15. The molecule has 0 bridgehead atoms. The Bertz CT molecular complexity index is 590. The van der Waals surface area contributed by atoms with Crippen molar-refractivity contribution in [3.05, 3.63) is 35.0 Å². The molecule has 0 fully saturated rings. The average molecular weight is 257 g/mol. The van der Waals surface area contributed by atoms with Crippen LogP contribution in [0.3, 0.4) is 0 Å². The number of nitrogens with one attached hydrogen (secondary N) is 1. The van der Waals surface area contributed by atoms with Gasteiger partial charge < -0.3 is 5.43 Å². The number of fused-ring (bicyclic) bond motifs is 1. The van der Waals surface area contributed by atoms with Crippen molar-refractivity contribution in [1.29, 1.82) is 0 Å². The summed E-state index contributed by atoms with van der Waals surface area (Å²) >= 11 is 0. The SMILES string of the molecule is CCc1nc2ccc(C(C)CC)cc2c(NN)c1C. The van der Waals surface area contributed by atoms with E-state index in [-0.39, 0.29) is 0 Å². The second-order valence-corrected chi connectivity index (χ2v) is 5.14. The molecule has 3 heteroatoms. The van der Waals surface area contributed by atoms with Crippen molar-refractivity contribution >= 4 is 16.6 Å². The molecule has 0 amide bonds. The highest BCUT2D eigenvalue weighted by atomic mass is 15.2. The fourth-order valence-corrected chi connectivity index (χ4v) is 2.50. The van der Waals surface area contributed by atoms with Crippen LogP contribution in [0.1, 0.15) is 49.9 Å². The van der Waals surface area contributed by atoms with Gasteiger partial charge in [0.25, 0.3) is 0 Å². The van der Waals surface area contributed by atoms with Gasteiger partial charge in [0.15, 0.2) is 0 Å². The van der Waals surface area contributed by atoms with Gasteiger partial charge in [0, 0.05) is 11.1 Å². The molecule has 0 aliphatic heterocycles. The van der Waals surface area contributed by atoms with Crippen LogP contribution in [0.4, 0.5) is 5.69 Å². The zero-order valence-electron chi connectivity index (χ0n) is 12.2. The minimum atomic E-state index is 0.557. The van der Waals surface area contributed by atoms with Crippen LogP contribution in [-0.4, -0.2) is 4.98 Å². The number of hydrogen-bond acceptors (Lipinski definition) is 3. The van der Waals surface area contributed by atoms with Crippen LogP contribution in [0.15, 0.2) is 18.2 Å². The molecule has 2 rings (SSSR count). The molecule has 0 saturated carbocycles. The fourth-order valence-electron chi connectivity index (χ4n) is 2.50. The summed E-state index contributed by atoms with van der Waals surface area (Å²) in [6.45, 7) is 8.66. The Morgan fingerprint density at radius 3 is 2.63 bits per heavy atom. The molecule has 0 spiro atoms. The van der Waals surface area contributed by atoms with E-state index in [9.17, 15) is 0 Å². The van der Waals surface area contributed by atoms with Crippen LogP contribution >= 0.6 is 0 Å². The van der Waals surface area contributed by atoms with E-state index in [0.29, 0.717) is 5.92 Å². The molecule has 19 heavy (non-hydrogen) atoms. The quantitative estimate of drug-likeness (QED) is 0.645. The number of anilines is 1. The highest BCUT2D eigenvalue weighted by molar-refractivity contribution is 5.93. The Kier molecular flexibility index (Phi) is 4.05. The third-order valence-electron chi connectivity index (χ3n) is 4.01. The second-order valence-electron chi connectivity index (χ2n) is 5.14. The van der Waals surface area contributed by atoms with Gasteiger partial charge in [-0.25, -0.2) is 0 Å². The number of nitrogens with two attached hydrogens (primary N) is 1. The second kappa shape index (κ2) is 5.57. The van der Waals surface area contributed by atoms with E-state index in [2.05, 4.69) is 51.3 Å². The van der Waals surface area contributed by atoms with Gasteiger partial charge in [-0.3, -0.25) is 10.8 Å². The Labute approximate surface area is 115 Å². The van der Waals surface area contributed by atoms with E-state index in [0.717, 1.165) is 40.7 Å². The molecule has 0 aliphatic rings. The first-order valence-corrected chi connectivity index (χ1v) is 7.02. The molecule has 3 N–H and O–H groups in total. The molecular formula is C16H23N3. The number of hydrazine groups is 1. The summed E-state index contributed by atoms with van der Waals surface area (Å²) < 4.78 is 0. The van der Waals surface area contributed by atoms with Gasteiger partial charge in [-0.05, 0) is 48.9 Å². The van der Waals surface area contributed by atoms with E-state index in [1.807, 2.05) is 0 Å².